The van der Waals surface area contributed by atoms with Gasteiger partial charge in [0.25, 0.3) is 0 Å². The molecule has 16 nitrogen and oxygen atoms in total. The first-order chi connectivity index (χ1) is 22.9. The molecule has 2 N–H and O–H groups in total. The molecule has 0 aliphatic carbocycles. The van der Waals surface area contributed by atoms with E-state index in [0.29, 0.717) is 185 Å². The summed E-state index contributed by atoms with van der Waals surface area (Å²) in [6.07, 6.45) is 0. The van der Waals surface area contributed by atoms with Gasteiger partial charge in [0.2, 0.25) is 0 Å². The summed E-state index contributed by atoms with van der Waals surface area (Å²) in [5.41, 5.74) is 13.9. The van der Waals surface area contributed by atoms with E-state index < -0.39 is 0 Å². The molecule has 0 aromatic heterocycles. The van der Waals surface area contributed by atoms with Gasteiger partial charge in [0.05, 0.1) is 172 Å². The minimum atomic E-state index is 0. The van der Waals surface area contributed by atoms with Gasteiger partial charge in [-0.2, -0.15) is 0 Å². The molecule has 0 heterocycles. The molecule has 0 saturated carbocycles. The Morgan fingerprint density at radius 2 is 0.240 bits per heavy atom. The topological polar surface area (TPSA) is 177 Å². The van der Waals surface area contributed by atoms with Gasteiger partial charge >= 0.3 is 0 Å². The van der Waals surface area contributed by atoms with Crippen LogP contribution in [0.1, 0.15) is 0 Å². The normalized spacial score (nSPS) is 10.7. The molecule has 0 aromatic carbocycles. The summed E-state index contributed by atoms with van der Waals surface area (Å²) >= 11 is 0. The summed E-state index contributed by atoms with van der Waals surface area (Å²) in [7, 11) is 0. The van der Waals surface area contributed by atoms with E-state index in [-0.39, 0.29) is 178 Å². The SMILES string of the molecule is [NH-]CCOCCOCCOCCOCCOCCOCCOCCOCCOCCOCCOCCOCCOCCOCC[NH-].[Pr].[Pr].[Pr].[Pr]. The third kappa shape index (κ3) is 62.0. The minimum absolute atomic E-state index is 0. The molecule has 0 aromatic rings. The van der Waals surface area contributed by atoms with Crippen LogP contribution in [0.2, 0.25) is 0 Å². The minimum Gasteiger partial charge on any atom is -0.676 e. The maximum atomic E-state index is 6.95. The van der Waals surface area contributed by atoms with Gasteiger partial charge < -0.3 is 77.8 Å². The van der Waals surface area contributed by atoms with Crippen molar-refractivity contribution >= 4 is 0 Å². The monoisotopic (exact) mass is 1240 g/mol. The predicted molar refractivity (Wildman–Crippen MR) is 170 cm³/mol. The third-order valence-corrected chi connectivity index (χ3v) is 5.33. The second-order valence-electron chi connectivity index (χ2n) is 9.07. The van der Waals surface area contributed by atoms with Crippen LogP contribution in [0.3, 0.4) is 0 Å². The van der Waals surface area contributed by atoms with Gasteiger partial charge in [-0.1, -0.05) is 0 Å². The molecule has 0 fully saturated rings. The van der Waals surface area contributed by atoms with Gasteiger partial charge in [-0.3, -0.25) is 0 Å². The van der Waals surface area contributed by atoms with Crippen LogP contribution in [-0.4, -0.2) is 198 Å². The van der Waals surface area contributed by atoms with Gasteiger partial charge in [-0.15, -0.1) is 13.1 Å². The molecule has 0 atom stereocenters. The van der Waals surface area contributed by atoms with E-state index in [1.165, 1.54) is 0 Å². The van der Waals surface area contributed by atoms with E-state index in [4.69, 9.17) is 77.8 Å². The van der Waals surface area contributed by atoms with Crippen molar-refractivity contribution in [1.82, 2.24) is 0 Å². The number of ether oxygens (including phenoxy) is 14. The fraction of sp³-hybridized carbons (Fsp3) is 1.00. The van der Waals surface area contributed by atoms with E-state index >= 15 is 0 Å². The zero-order valence-electron chi connectivity index (χ0n) is 30.2. The molecule has 0 unspecified atom stereocenters. The van der Waals surface area contributed by atoms with Crippen LogP contribution in [0.4, 0.5) is 0 Å². The Kier molecular flexibility index (Phi) is 80.6. The van der Waals surface area contributed by atoms with E-state index in [1.54, 1.807) is 0 Å². The molecule has 0 spiro atoms. The first kappa shape index (κ1) is 64.0. The standard InChI is InChI=1S/C30H62N2O14.4Pr/c31-1-3-33-5-7-35-9-11-37-13-15-39-17-19-41-21-23-43-25-27-45-29-30-46-28-26-44-24-22-42-20-18-40-16-14-38-12-10-36-8-6-34-4-2-32;;;;/h31-32H,1-30H2;;;;/q-2;;;;. The van der Waals surface area contributed by atoms with E-state index in [9.17, 15) is 0 Å². The zero-order chi connectivity index (χ0) is 33.1. The fourth-order valence-electron chi connectivity index (χ4n) is 3.11. The van der Waals surface area contributed by atoms with E-state index in [1.807, 2.05) is 0 Å². The number of rotatable bonds is 43. The molecule has 0 amide bonds. The molecule has 50 heavy (non-hydrogen) atoms. The maximum absolute atomic E-state index is 6.95. The first-order valence-electron chi connectivity index (χ1n) is 16.3. The third-order valence-electron chi connectivity index (χ3n) is 5.33. The number of nitrogens with one attached hydrogen (secondary N) is 2. The summed E-state index contributed by atoms with van der Waals surface area (Å²) in [5, 5.41) is 0. The van der Waals surface area contributed by atoms with Crippen molar-refractivity contribution < 1.29 is 231 Å². The maximum Gasteiger partial charge on any atom is 0.0701 e. The van der Waals surface area contributed by atoms with Crippen molar-refractivity contribution in [3.63, 3.8) is 0 Å². The summed E-state index contributed by atoms with van der Waals surface area (Å²) in [5.74, 6) is 0. The Morgan fingerprint density at radius 1 is 0.160 bits per heavy atom. The predicted octanol–water partition coefficient (Wildman–Crippen LogP) is 1.32. The van der Waals surface area contributed by atoms with Crippen LogP contribution in [0, 0.1) is 165 Å². The zero-order valence-corrected chi connectivity index (χ0v) is 45.1. The Labute approximate surface area is 433 Å². The van der Waals surface area contributed by atoms with Crippen LogP contribution < -0.4 is 0 Å². The summed E-state index contributed by atoms with van der Waals surface area (Å²) in [4.78, 5) is 0. The molecule has 0 saturated heterocycles. The molecule has 20 heteroatoms. The van der Waals surface area contributed by atoms with Gasteiger partial charge in [0.15, 0.2) is 0 Å². The summed E-state index contributed by atoms with van der Waals surface area (Å²) in [6, 6.07) is 0. The average molecular weight is 1240 g/mol. The van der Waals surface area contributed by atoms with Gasteiger partial charge in [0, 0.05) is 178 Å². The van der Waals surface area contributed by atoms with Crippen molar-refractivity contribution in [3.05, 3.63) is 11.5 Å². The van der Waals surface area contributed by atoms with E-state index in [0.717, 1.165) is 0 Å². The summed E-state index contributed by atoms with van der Waals surface area (Å²) in [6.45, 7) is 14.6. The Balaban J connectivity index is -0.00000169. The quantitative estimate of drug-likeness (QED) is 0.0800. The van der Waals surface area contributed by atoms with Crippen molar-refractivity contribution in [1.29, 1.82) is 0 Å². The molecule has 0 rings (SSSR count). The fourth-order valence-corrected chi connectivity index (χ4v) is 3.11. The molecule has 290 valence electrons. The van der Waals surface area contributed by atoms with Crippen LogP contribution in [0.5, 0.6) is 0 Å². The molecule has 4 radical (unpaired) electrons. The molecular formula is C30H62N2O14Pr4-2. The second-order valence-corrected chi connectivity index (χ2v) is 9.07. The van der Waals surface area contributed by atoms with Crippen LogP contribution in [-0.2, 0) is 66.3 Å². The van der Waals surface area contributed by atoms with Gasteiger partial charge in [0.1, 0.15) is 0 Å². The molecule has 0 aliphatic heterocycles. The number of hydrogen-bond acceptors (Lipinski definition) is 14. The second kappa shape index (κ2) is 63.0. The van der Waals surface area contributed by atoms with Gasteiger partial charge in [-0.25, -0.2) is 0 Å². The van der Waals surface area contributed by atoms with Crippen molar-refractivity contribution in [3.8, 4) is 0 Å². The smallest absolute Gasteiger partial charge is 0.0701 e. The van der Waals surface area contributed by atoms with E-state index in [2.05, 4.69) is 0 Å². The van der Waals surface area contributed by atoms with Crippen LogP contribution in [0.15, 0.2) is 0 Å². The van der Waals surface area contributed by atoms with Crippen molar-refractivity contribution in [2.75, 3.05) is 198 Å². The Bertz CT molecular complexity index is 508. The average Bonchev–Trinajstić information content (AvgIpc) is 3.07. The van der Waals surface area contributed by atoms with Crippen LogP contribution >= 0.6 is 0 Å². The molecule has 0 aliphatic rings. The van der Waals surface area contributed by atoms with Crippen molar-refractivity contribution in [2.45, 2.75) is 0 Å². The largest absolute Gasteiger partial charge is 0.676 e. The van der Waals surface area contributed by atoms with Crippen molar-refractivity contribution in [2.24, 2.45) is 0 Å². The number of hydrogen-bond donors (Lipinski definition) is 0. The molecule has 0 bridgehead atoms. The van der Waals surface area contributed by atoms with Gasteiger partial charge in [-0.05, 0) is 0 Å². The Hall–Kier alpha value is 4.81. The molecular weight excluding hydrogens is 1180 g/mol. The first-order valence-corrected chi connectivity index (χ1v) is 16.3. The van der Waals surface area contributed by atoms with Crippen LogP contribution in [0.25, 0.3) is 11.5 Å². The Morgan fingerprint density at radius 3 is 0.320 bits per heavy atom. The summed E-state index contributed by atoms with van der Waals surface area (Å²) < 4.78 is 75.5.